The fourth-order valence-corrected chi connectivity index (χ4v) is 4.13. The molecule has 3 aromatic carbocycles. The Morgan fingerprint density at radius 3 is 2.73 bits per heavy atom. The second kappa shape index (κ2) is 6.93. The maximum atomic E-state index is 4.53. The summed E-state index contributed by atoms with van der Waals surface area (Å²) in [5.74, 6) is 0. The van der Waals surface area contributed by atoms with Gasteiger partial charge in [0.05, 0.1) is 17.4 Å². The summed E-state index contributed by atoms with van der Waals surface area (Å²) in [7, 11) is 0. The van der Waals surface area contributed by atoms with Gasteiger partial charge in [0.15, 0.2) is 0 Å². The number of fused-ring (bicyclic) bond motifs is 2. The van der Waals surface area contributed by atoms with Gasteiger partial charge in [-0.15, -0.1) is 5.10 Å². The monoisotopic (exact) mass is 392 g/mol. The predicted octanol–water partition coefficient (Wildman–Crippen LogP) is 4.12. The lowest BCUT2D eigenvalue weighted by Gasteiger charge is -2.17. The van der Waals surface area contributed by atoms with Crippen LogP contribution in [-0.2, 0) is 13.0 Å². The minimum atomic E-state index is 0.752. The summed E-state index contributed by atoms with van der Waals surface area (Å²) in [5.41, 5.74) is 8.63. The van der Waals surface area contributed by atoms with Crippen LogP contribution in [-0.4, -0.2) is 31.7 Å². The number of benzene rings is 3. The Balaban J connectivity index is 1.39. The topological polar surface area (TPSA) is 71.4 Å². The number of nitrogens with one attached hydrogen (secondary N) is 2. The molecule has 0 aliphatic carbocycles. The highest BCUT2D eigenvalue weighted by Crippen LogP contribution is 2.30. The van der Waals surface area contributed by atoms with Gasteiger partial charge >= 0.3 is 0 Å². The molecule has 0 amide bonds. The standard InChI is InChI=1S/C24H20N6/c1-2-4-16(5-3-1)18-7-9-22-21(13-18)24(28-26-22)23-15-30(29-27-23)20-8-6-17-10-11-25-14-19(17)12-20/h1-9,12-13,15,25H,10-11,14H2,(H,26,28). The van der Waals surface area contributed by atoms with E-state index < -0.39 is 0 Å². The van der Waals surface area contributed by atoms with Crippen LogP contribution in [0.5, 0.6) is 0 Å². The number of hydrogen-bond acceptors (Lipinski definition) is 4. The normalized spacial score (nSPS) is 13.5. The predicted molar refractivity (Wildman–Crippen MR) is 117 cm³/mol. The van der Waals surface area contributed by atoms with Crippen LogP contribution in [0.25, 0.3) is 39.1 Å². The summed E-state index contributed by atoms with van der Waals surface area (Å²) in [4.78, 5) is 0. The van der Waals surface area contributed by atoms with Crippen molar-refractivity contribution < 1.29 is 0 Å². The fraction of sp³-hybridized carbons (Fsp3) is 0.125. The molecule has 0 saturated heterocycles. The SMILES string of the molecule is c1ccc(-c2ccc3[nH]nc(-c4cn(-c5ccc6c(c5)CNCC6)nn4)c3c2)cc1. The van der Waals surface area contributed by atoms with E-state index in [2.05, 4.69) is 86.5 Å². The second-order valence-electron chi connectivity index (χ2n) is 7.63. The molecule has 0 spiro atoms. The zero-order valence-corrected chi connectivity index (χ0v) is 16.3. The summed E-state index contributed by atoms with van der Waals surface area (Å²) >= 11 is 0. The molecule has 6 heteroatoms. The summed E-state index contributed by atoms with van der Waals surface area (Å²) < 4.78 is 1.83. The van der Waals surface area contributed by atoms with Gasteiger partial charge in [-0.1, -0.05) is 47.7 Å². The molecule has 0 bridgehead atoms. The molecule has 6 nitrogen and oxygen atoms in total. The highest BCUT2D eigenvalue weighted by Gasteiger charge is 2.15. The molecule has 146 valence electrons. The van der Waals surface area contributed by atoms with E-state index in [0.717, 1.165) is 53.1 Å². The van der Waals surface area contributed by atoms with Gasteiger partial charge in [0.2, 0.25) is 0 Å². The van der Waals surface area contributed by atoms with Crippen LogP contribution in [0.3, 0.4) is 0 Å². The van der Waals surface area contributed by atoms with Crippen LogP contribution in [0.4, 0.5) is 0 Å². The molecule has 30 heavy (non-hydrogen) atoms. The van der Waals surface area contributed by atoms with Crippen molar-refractivity contribution >= 4 is 10.9 Å². The van der Waals surface area contributed by atoms with E-state index >= 15 is 0 Å². The number of aromatic nitrogens is 5. The fourth-order valence-electron chi connectivity index (χ4n) is 4.13. The molecule has 0 fully saturated rings. The molecule has 0 atom stereocenters. The van der Waals surface area contributed by atoms with E-state index in [9.17, 15) is 0 Å². The Labute approximate surface area is 173 Å². The lowest BCUT2D eigenvalue weighted by atomic mass is 10.0. The molecule has 2 N–H and O–H groups in total. The number of aromatic amines is 1. The third-order valence-corrected chi connectivity index (χ3v) is 5.75. The summed E-state index contributed by atoms with van der Waals surface area (Å²) in [6, 6.07) is 23.2. The van der Waals surface area contributed by atoms with E-state index in [-0.39, 0.29) is 0 Å². The van der Waals surface area contributed by atoms with Crippen LogP contribution >= 0.6 is 0 Å². The minimum Gasteiger partial charge on any atom is -0.312 e. The van der Waals surface area contributed by atoms with Gasteiger partial charge in [-0.2, -0.15) is 5.10 Å². The zero-order valence-electron chi connectivity index (χ0n) is 16.3. The summed E-state index contributed by atoms with van der Waals surface area (Å²) in [6.45, 7) is 1.94. The Bertz CT molecular complexity index is 1350. The van der Waals surface area contributed by atoms with Gasteiger partial charge < -0.3 is 5.32 Å². The quantitative estimate of drug-likeness (QED) is 0.484. The third kappa shape index (κ3) is 2.89. The highest BCUT2D eigenvalue weighted by molar-refractivity contribution is 5.94. The molecule has 6 rings (SSSR count). The van der Waals surface area contributed by atoms with E-state index in [0.29, 0.717) is 0 Å². The van der Waals surface area contributed by atoms with Crippen molar-refractivity contribution in [2.45, 2.75) is 13.0 Å². The lowest BCUT2D eigenvalue weighted by molar-refractivity contribution is 0.642. The van der Waals surface area contributed by atoms with Crippen LogP contribution < -0.4 is 5.32 Å². The smallest absolute Gasteiger partial charge is 0.134 e. The Hall–Kier alpha value is -3.77. The number of H-pyrrole nitrogens is 1. The molecular formula is C24H20N6. The van der Waals surface area contributed by atoms with Crippen molar-refractivity contribution in [1.29, 1.82) is 0 Å². The molecular weight excluding hydrogens is 372 g/mol. The van der Waals surface area contributed by atoms with Crippen molar-refractivity contribution in [3.63, 3.8) is 0 Å². The van der Waals surface area contributed by atoms with E-state index in [1.807, 2.05) is 16.9 Å². The van der Waals surface area contributed by atoms with Gasteiger partial charge in [0, 0.05) is 11.9 Å². The van der Waals surface area contributed by atoms with E-state index in [1.54, 1.807) is 0 Å². The first-order valence-electron chi connectivity index (χ1n) is 10.1. The van der Waals surface area contributed by atoms with Crippen molar-refractivity contribution in [2.75, 3.05) is 6.54 Å². The number of rotatable bonds is 3. The summed E-state index contributed by atoms with van der Waals surface area (Å²) in [5, 5.41) is 20.9. The van der Waals surface area contributed by atoms with Crippen LogP contribution in [0.2, 0.25) is 0 Å². The Kier molecular flexibility index (Phi) is 3.95. The van der Waals surface area contributed by atoms with Crippen LogP contribution in [0, 0.1) is 0 Å². The molecule has 5 aromatic rings. The van der Waals surface area contributed by atoms with Gasteiger partial charge in [-0.25, -0.2) is 4.68 Å². The largest absolute Gasteiger partial charge is 0.312 e. The molecule has 3 heterocycles. The average Bonchev–Trinajstić information content (AvgIpc) is 3.46. The van der Waals surface area contributed by atoms with E-state index in [4.69, 9.17) is 0 Å². The third-order valence-electron chi connectivity index (χ3n) is 5.75. The van der Waals surface area contributed by atoms with Crippen molar-refractivity contribution in [3.8, 4) is 28.2 Å². The summed E-state index contributed by atoms with van der Waals surface area (Å²) in [6.07, 6.45) is 3.02. The Morgan fingerprint density at radius 2 is 1.80 bits per heavy atom. The molecule has 1 aliphatic rings. The molecule has 2 aromatic heterocycles. The van der Waals surface area contributed by atoms with Crippen molar-refractivity contribution in [1.82, 2.24) is 30.5 Å². The first-order valence-corrected chi connectivity index (χ1v) is 10.1. The maximum Gasteiger partial charge on any atom is 0.134 e. The number of nitrogens with zero attached hydrogens (tertiary/aromatic N) is 4. The van der Waals surface area contributed by atoms with Crippen LogP contribution in [0.1, 0.15) is 11.1 Å². The molecule has 1 aliphatic heterocycles. The van der Waals surface area contributed by atoms with Crippen LogP contribution in [0.15, 0.2) is 72.9 Å². The Morgan fingerprint density at radius 1 is 0.867 bits per heavy atom. The number of hydrogen-bond donors (Lipinski definition) is 2. The zero-order chi connectivity index (χ0) is 19.9. The first-order chi connectivity index (χ1) is 14.8. The highest BCUT2D eigenvalue weighted by atomic mass is 15.4. The molecule has 0 radical (unpaired) electrons. The molecule has 0 saturated carbocycles. The first kappa shape index (κ1) is 17.1. The van der Waals surface area contributed by atoms with Gasteiger partial charge in [-0.3, -0.25) is 5.10 Å². The van der Waals surface area contributed by atoms with Crippen molar-refractivity contribution in [3.05, 3.63) is 84.1 Å². The average molecular weight is 392 g/mol. The lowest BCUT2D eigenvalue weighted by Crippen LogP contribution is -2.23. The maximum absolute atomic E-state index is 4.53. The van der Waals surface area contributed by atoms with E-state index in [1.165, 1.54) is 16.7 Å². The second-order valence-corrected chi connectivity index (χ2v) is 7.63. The van der Waals surface area contributed by atoms with Crippen molar-refractivity contribution in [2.24, 2.45) is 0 Å². The minimum absolute atomic E-state index is 0.752. The molecule has 0 unspecified atom stereocenters. The van der Waals surface area contributed by atoms with Gasteiger partial charge in [-0.05, 0) is 59.5 Å². The van der Waals surface area contributed by atoms with Gasteiger partial charge in [0.1, 0.15) is 11.4 Å². The van der Waals surface area contributed by atoms with Gasteiger partial charge in [0.25, 0.3) is 0 Å².